The van der Waals surface area contributed by atoms with E-state index in [1.165, 1.54) is 0 Å². The van der Waals surface area contributed by atoms with Gasteiger partial charge in [-0.3, -0.25) is 0 Å². The minimum Gasteiger partial charge on any atom is -0.508 e. The Bertz CT molecular complexity index is 457. The lowest BCUT2D eigenvalue weighted by atomic mass is 10.0. The van der Waals surface area contributed by atoms with Gasteiger partial charge in [0, 0.05) is 6.04 Å². The molecule has 0 saturated heterocycles. The summed E-state index contributed by atoms with van der Waals surface area (Å²) >= 11 is 0. The average molecular weight is 272 g/mol. The van der Waals surface area contributed by atoms with E-state index in [1.54, 1.807) is 12.1 Å². The van der Waals surface area contributed by atoms with E-state index in [0.29, 0.717) is 13.0 Å². The second kappa shape index (κ2) is 6.72. The number of nitrogens with two attached hydrogens (primary N) is 1. The van der Waals surface area contributed by atoms with Crippen molar-refractivity contribution in [3.8, 4) is 5.75 Å². The van der Waals surface area contributed by atoms with Crippen LogP contribution in [-0.2, 0) is 10.0 Å². The van der Waals surface area contributed by atoms with E-state index in [1.807, 2.05) is 19.1 Å². The molecule has 0 aliphatic heterocycles. The molecule has 0 aliphatic rings. The molecule has 0 saturated carbocycles. The number of phenols is 1. The Hall–Kier alpha value is -1.11. The fourth-order valence-corrected chi connectivity index (χ4v) is 2.30. The van der Waals surface area contributed by atoms with Crippen LogP contribution in [0.25, 0.3) is 0 Å². The Kier molecular flexibility index (Phi) is 5.58. The Labute approximate surface area is 108 Å². The Balaban J connectivity index is 2.45. The van der Waals surface area contributed by atoms with Crippen molar-refractivity contribution in [1.29, 1.82) is 0 Å². The van der Waals surface area contributed by atoms with Crippen LogP contribution in [-0.4, -0.2) is 25.8 Å². The standard InChI is InChI=1S/C12H20N2O3S/c1-2-12(10-4-6-11(15)7-5-10)14-8-3-9-18(13,16)17/h4-7,12,14-15H,2-3,8-9H2,1H3,(H2,13,16,17). The van der Waals surface area contributed by atoms with Crippen LogP contribution in [0.5, 0.6) is 5.75 Å². The van der Waals surface area contributed by atoms with Gasteiger partial charge >= 0.3 is 0 Å². The lowest BCUT2D eigenvalue weighted by Crippen LogP contribution is -2.25. The van der Waals surface area contributed by atoms with E-state index in [4.69, 9.17) is 5.14 Å². The third-order valence-corrected chi connectivity index (χ3v) is 3.56. The molecule has 6 heteroatoms. The smallest absolute Gasteiger partial charge is 0.209 e. The number of sulfonamides is 1. The predicted octanol–water partition coefficient (Wildman–Crippen LogP) is 1.11. The second-order valence-corrected chi connectivity index (χ2v) is 5.96. The van der Waals surface area contributed by atoms with E-state index in [0.717, 1.165) is 12.0 Å². The van der Waals surface area contributed by atoms with Gasteiger partial charge in [0.05, 0.1) is 5.75 Å². The predicted molar refractivity (Wildman–Crippen MR) is 71.7 cm³/mol. The molecule has 102 valence electrons. The molecular formula is C12H20N2O3S. The van der Waals surface area contributed by atoms with E-state index >= 15 is 0 Å². The molecule has 18 heavy (non-hydrogen) atoms. The summed E-state index contributed by atoms with van der Waals surface area (Å²) in [7, 11) is -3.37. The summed E-state index contributed by atoms with van der Waals surface area (Å²) in [5, 5.41) is 17.4. The first kappa shape index (κ1) is 14.9. The zero-order valence-corrected chi connectivity index (χ0v) is 11.3. The molecule has 5 nitrogen and oxygen atoms in total. The summed E-state index contributed by atoms with van der Waals surface area (Å²) in [6.45, 7) is 2.64. The van der Waals surface area contributed by atoms with Gasteiger partial charge in [-0.25, -0.2) is 13.6 Å². The van der Waals surface area contributed by atoms with E-state index in [-0.39, 0.29) is 17.5 Å². The normalized spacial score (nSPS) is 13.4. The monoisotopic (exact) mass is 272 g/mol. The molecule has 0 amide bonds. The quantitative estimate of drug-likeness (QED) is 0.648. The van der Waals surface area contributed by atoms with Gasteiger partial charge in [0.15, 0.2) is 0 Å². The topological polar surface area (TPSA) is 92.4 Å². The van der Waals surface area contributed by atoms with Gasteiger partial charge in [-0.05, 0) is 37.1 Å². The summed E-state index contributed by atoms with van der Waals surface area (Å²) in [4.78, 5) is 0. The number of phenolic OH excluding ortho intramolecular Hbond substituents is 1. The zero-order valence-electron chi connectivity index (χ0n) is 10.5. The molecule has 0 spiro atoms. The van der Waals surface area contributed by atoms with Gasteiger partial charge < -0.3 is 10.4 Å². The summed E-state index contributed by atoms with van der Waals surface area (Å²) in [5.74, 6) is 0.231. The molecular weight excluding hydrogens is 252 g/mol. The molecule has 0 radical (unpaired) electrons. The molecule has 1 rings (SSSR count). The number of aromatic hydroxyl groups is 1. The van der Waals surface area contributed by atoms with Crippen molar-refractivity contribution in [3.05, 3.63) is 29.8 Å². The summed E-state index contributed by atoms with van der Waals surface area (Å²) < 4.78 is 21.6. The maximum atomic E-state index is 10.8. The number of benzene rings is 1. The maximum absolute atomic E-state index is 10.8. The lowest BCUT2D eigenvalue weighted by molar-refractivity contribution is 0.473. The van der Waals surface area contributed by atoms with Crippen LogP contribution < -0.4 is 10.5 Å². The first-order chi connectivity index (χ1) is 8.42. The minimum absolute atomic E-state index is 0.00792. The lowest BCUT2D eigenvalue weighted by Gasteiger charge is -2.17. The summed E-state index contributed by atoms with van der Waals surface area (Å²) in [6, 6.07) is 7.16. The van der Waals surface area contributed by atoms with Crippen molar-refractivity contribution in [3.63, 3.8) is 0 Å². The Morgan fingerprint density at radius 1 is 1.33 bits per heavy atom. The number of nitrogens with one attached hydrogen (secondary N) is 1. The van der Waals surface area contributed by atoms with Gasteiger partial charge in [-0.2, -0.15) is 0 Å². The van der Waals surface area contributed by atoms with Crippen LogP contribution in [0.1, 0.15) is 31.4 Å². The third-order valence-electron chi connectivity index (χ3n) is 2.70. The molecule has 0 heterocycles. The average Bonchev–Trinajstić information content (AvgIpc) is 2.29. The highest BCUT2D eigenvalue weighted by Gasteiger charge is 2.09. The van der Waals surface area contributed by atoms with Crippen molar-refractivity contribution in [2.45, 2.75) is 25.8 Å². The van der Waals surface area contributed by atoms with Crippen LogP contribution in [0.15, 0.2) is 24.3 Å². The van der Waals surface area contributed by atoms with E-state index < -0.39 is 10.0 Å². The molecule has 4 N–H and O–H groups in total. The molecule has 1 atom stereocenters. The van der Waals surface area contributed by atoms with Crippen LogP contribution in [0.4, 0.5) is 0 Å². The van der Waals surface area contributed by atoms with E-state index in [9.17, 15) is 13.5 Å². The minimum atomic E-state index is -3.37. The fraction of sp³-hybridized carbons (Fsp3) is 0.500. The molecule has 1 aromatic rings. The zero-order chi connectivity index (χ0) is 13.6. The molecule has 0 bridgehead atoms. The molecule has 1 aromatic carbocycles. The molecule has 0 aliphatic carbocycles. The molecule has 0 fully saturated rings. The number of rotatable bonds is 7. The van der Waals surface area contributed by atoms with Gasteiger partial charge in [0.2, 0.25) is 10.0 Å². The van der Waals surface area contributed by atoms with Gasteiger partial charge in [0.1, 0.15) is 5.75 Å². The second-order valence-electron chi connectivity index (χ2n) is 4.23. The summed E-state index contributed by atoms with van der Waals surface area (Å²) in [6.07, 6.45) is 1.38. The number of hydrogen-bond donors (Lipinski definition) is 3. The van der Waals surface area contributed by atoms with Crippen molar-refractivity contribution in [2.75, 3.05) is 12.3 Å². The highest BCUT2D eigenvalue weighted by molar-refractivity contribution is 7.89. The van der Waals surface area contributed by atoms with Crippen LogP contribution >= 0.6 is 0 Å². The van der Waals surface area contributed by atoms with Crippen molar-refractivity contribution in [1.82, 2.24) is 5.32 Å². The third kappa shape index (κ3) is 5.48. The largest absolute Gasteiger partial charge is 0.508 e. The van der Waals surface area contributed by atoms with Gasteiger partial charge in [-0.1, -0.05) is 19.1 Å². The van der Waals surface area contributed by atoms with Crippen LogP contribution in [0.3, 0.4) is 0 Å². The van der Waals surface area contributed by atoms with Crippen LogP contribution in [0, 0.1) is 0 Å². The highest BCUT2D eigenvalue weighted by Crippen LogP contribution is 2.19. The van der Waals surface area contributed by atoms with Crippen molar-refractivity contribution in [2.24, 2.45) is 5.14 Å². The first-order valence-corrected chi connectivity index (χ1v) is 7.66. The summed E-state index contributed by atoms with van der Waals surface area (Å²) in [5.41, 5.74) is 1.07. The molecule has 1 unspecified atom stereocenters. The van der Waals surface area contributed by atoms with Gasteiger partial charge in [-0.15, -0.1) is 0 Å². The van der Waals surface area contributed by atoms with Crippen molar-refractivity contribution >= 4 is 10.0 Å². The first-order valence-electron chi connectivity index (χ1n) is 5.95. The highest BCUT2D eigenvalue weighted by atomic mass is 32.2. The maximum Gasteiger partial charge on any atom is 0.209 e. The van der Waals surface area contributed by atoms with E-state index in [2.05, 4.69) is 5.32 Å². The Morgan fingerprint density at radius 3 is 2.44 bits per heavy atom. The number of primary sulfonamides is 1. The van der Waals surface area contributed by atoms with Gasteiger partial charge in [0.25, 0.3) is 0 Å². The van der Waals surface area contributed by atoms with Crippen molar-refractivity contribution < 1.29 is 13.5 Å². The molecule has 0 aromatic heterocycles. The fourth-order valence-electron chi connectivity index (χ4n) is 1.75. The number of hydrogen-bond acceptors (Lipinski definition) is 4. The Morgan fingerprint density at radius 2 is 1.94 bits per heavy atom. The SMILES string of the molecule is CCC(NCCCS(N)(=O)=O)c1ccc(O)cc1. The van der Waals surface area contributed by atoms with Crippen LogP contribution in [0.2, 0.25) is 0 Å².